The van der Waals surface area contributed by atoms with Gasteiger partial charge in [0.15, 0.2) is 0 Å². The molecular formula is C41H45N2O5S2-. The third-order valence-corrected chi connectivity index (χ3v) is 11.1. The molecule has 2 atom stereocenters. The zero-order valence-electron chi connectivity index (χ0n) is 29.5. The minimum atomic E-state index is -4.52. The van der Waals surface area contributed by atoms with Crippen LogP contribution in [0, 0.1) is 13.8 Å². The number of aryl methyl sites for hydroxylation is 5. The number of rotatable bonds is 13. The second-order valence-corrected chi connectivity index (χ2v) is 14.8. The van der Waals surface area contributed by atoms with Crippen LogP contribution >= 0.6 is 0 Å². The van der Waals surface area contributed by atoms with Crippen LogP contribution in [0.5, 0.6) is 0 Å². The van der Waals surface area contributed by atoms with E-state index in [1.54, 1.807) is 18.2 Å². The van der Waals surface area contributed by atoms with Crippen molar-refractivity contribution in [1.29, 1.82) is 0 Å². The van der Waals surface area contributed by atoms with E-state index in [9.17, 15) is 21.7 Å². The van der Waals surface area contributed by atoms with Crippen molar-refractivity contribution in [2.45, 2.75) is 82.9 Å². The maximum atomic E-state index is 12.6. The van der Waals surface area contributed by atoms with E-state index in [4.69, 9.17) is 0 Å². The summed E-state index contributed by atoms with van der Waals surface area (Å²) in [5.41, 5.74) is 11.9. The third-order valence-electron chi connectivity index (χ3n) is 9.29. The number of anilines is 4. The van der Waals surface area contributed by atoms with Gasteiger partial charge in [0.05, 0.1) is 4.90 Å². The average Bonchev–Trinajstić information content (AvgIpc) is 3.10. The van der Waals surface area contributed by atoms with Crippen LogP contribution in [-0.2, 0) is 46.9 Å². The summed E-state index contributed by atoms with van der Waals surface area (Å²) in [5.74, 6) is -0.515. The Bertz CT molecular complexity index is 2100. The lowest BCUT2D eigenvalue weighted by Crippen LogP contribution is -2.11. The van der Waals surface area contributed by atoms with E-state index < -0.39 is 27.1 Å². The molecule has 0 amide bonds. The molecule has 0 aliphatic rings. The van der Waals surface area contributed by atoms with Crippen LogP contribution in [0.15, 0.2) is 101 Å². The number of hydrogen-bond acceptors (Lipinski definition) is 6. The molecule has 0 aliphatic heterocycles. The molecule has 0 fully saturated rings. The summed E-state index contributed by atoms with van der Waals surface area (Å²) in [5, 5.41) is 7.11. The zero-order valence-corrected chi connectivity index (χ0v) is 31.1. The molecule has 50 heavy (non-hydrogen) atoms. The fourth-order valence-electron chi connectivity index (χ4n) is 6.92. The predicted octanol–water partition coefficient (Wildman–Crippen LogP) is 9.71. The van der Waals surface area contributed by atoms with Gasteiger partial charge in [0.2, 0.25) is 0 Å². The second kappa shape index (κ2) is 15.7. The number of hydrogen-bond donors (Lipinski definition) is 3. The normalized spacial score (nSPS) is 12.8. The smallest absolute Gasteiger partial charge is 0.294 e. The van der Waals surface area contributed by atoms with Crippen LogP contribution in [0.3, 0.4) is 0 Å². The lowest BCUT2D eigenvalue weighted by atomic mass is 9.85. The van der Waals surface area contributed by atoms with E-state index in [2.05, 4.69) is 43.5 Å². The van der Waals surface area contributed by atoms with Crippen molar-refractivity contribution in [2.75, 3.05) is 10.6 Å². The molecule has 3 N–H and O–H groups in total. The monoisotopic (exact) mass is 709 g/mol. The molecule has 5 aromatic carbocycles. The van der Waals surface area contributed by atoms with E-state index in [0.717, 1.165) is 69.8 Å². The van der Waals surface area contributed by atoms with Gasteiger partial charge in [0.25, 0.3) is 10.1 Å². The van der Waals surface area contributed by atoms with Crippen molar-refractivity contribution >= 4 is 43.9 Å². The van der Waals surface area contributed by atoms with E-state index in [0.29, 0.717) is 16.9 Å². The highest BCUT2D eigenvalue weighted by Crippen LogP contribution is 2.39. The Balaban J connectivity index is 1.56. The molecule has 0 spiro atoms. The highest BCUT2D eigenvalue weighted by molar-refractivity contribution is 7.85. The summed E-state index contributed by atoms with van der Waals surface area (Å²) in [6.07, 6.45) is 3.07. The molecule has 0 saturated carbocycles. The third kappa shape index (κ3) is 7.87. The Kier molecular flexibility index (Phi) is 11.6. The van der Waals surface area contributed by atoms with Gasteiger partial charge in [0.1, 0.15) is 0 Å². The first kappa shape index (κ1) is 37.0. The molecule has 5 aromatic rings. The first-order valence-corrected chi connectivity index (χ1v) is 19.6. The first-order chi connectivity index (χ1) is 23.9. The second-order valence-electron chi connectivity index (χ2n) is 12.6. The topological polar surface area (TPSA) is 119 Å². The first-order valence-electron chi connectivity index (χ1n) is 17.1. The van der Waals surface area contributed by atoms with Gasteiger partial charge in [-0.1, -0.05) is 93.9 Å². The Morgan fingerprint density at radius 2 is 1.18 bits per heavy atom. The van der Waals surface area contributed by atoms with Gasteiger partial charge in [0, 0.05) is 33.6 Å². The molecule has 9 heteroatoms. The van der Waals surface area contributed by atoms with Crippen molar-refractivity contribution < 1.29 is 21.7 Å². The maximum absolute atomic E-state index is 12.6. The SMILES string of the molecule is CCc1cc(C)cc(CC)c1Nc1ccc(C(c2ccc(Nc3c(CC)cc(C)c(S(=O)[O-])c3CC)cc2)c2ccccc2S(=O)(=O)O)cc1. The molecule has 0 aromatic heterocycles. The van der Waals surface area contributed by atoms with Gasteiger partial charge in [-0.15, -0.1) is 0 Å². The summed E-state index contributed by atoms with van der Waals surface area (Å²) in [6.45, 7) is 12.2. The molecule has 0 aliphatic carbocycles. The molecular weight excluding hydrogens is 665 g/mol. The molecule has 7 nitrogen and oxygen atoms in total. The molecule has 262 valence electrons. The van der Waals surface area contributed by atoms with Gasteiger partial charge < -0.3 is 15.2 Å². The molecule has 0 radical (unpaired) electrons. The lowest BCUT2D eigenvalue weighted by molar-refractivity contribution is 0.482. The van der Waals surface area contributed by atoms with Crippen LogP contribution in [0.25, 0.3) is 0 Å². The highest BCUT2D eigenvalue weighted by atomic mass is 32.2. The van der Waals surface area contributed by atoms with Gasteiger partial charge in [-0.25, -0.2) is 0 Å². The van der Waals surface area contributed by atoms with Crippen molar-refractivity contribution in [1.82, 2.24) is 0 Å². The van der Waals surface area contributed by atoms with E-state index in [1.165, 1.54) is 22.8 Å². The van der Waals surface area contributed by atoms with Crippen molar-refractivity contribution in [2.24, 2.45) is 0 Å². The number of nitrogens with one attached hydrogen (secondary N) is 2. The summed E-state index contributed by atoms with van der Waals surface area (Å²) < 4.78 is 59.8. The summed E-state index contributed by atoms with van der Waals surface area (Å²) in [7, 11) is -4.52. The zero-order chi connectivity index (χ0) is 36.2. The largest absolute Gasteiger partial charge is 0.768 e. The molecule has 0 bridgehead atoms. The van der Waals surface area contributed by atoms with Crippen molar-refractivity contribution in [3.8, 4) is 0 Å². The van der Waals surface area contributed by atoms with Crippen LogP contribution in [0.2, 0.25) is 0 Å². The Hall–Kier alpha value is -4.28. The van der Waals surface area contributed by atoms with Crippen LogP contribution in [0.4, 0.5) is 22.7 Å². The van der Waals surface area contributed by atoms with Gasteiger partial charge in [-0.05, 0) is 125 Å². The van der Waals surface area contributed by atoms with Crippen LogP contribution < -0.4 is 10.6 Å². The Morgan fingerprint density at radius 3 is 1.64 bits per heavy atom. The maximum Gasteiger partial charge on any atom is 0.294 e. The van der Waals surface area contributed by atoms with Gasteiger partial charge in [-0.3, -0.25) is 8.76 Å². The minimum Gasteiger partial charge on any atom is -0.768 e. The van der Waals surface area contributed by atoms with Crippen LogP contribution in [0.1, 0.15) is 83.7 Å². The van der Waals surface area contributed by atoms with Crippen LogP contribution in [-0.4, -0.2) is 21.7 Å². The van der Waals surface area contributed by atoms with Crippen molar-refractivity contribution in [3.05, 3.63) is 141 Å². The summed E-state index contributed by atoms with van der Waals surface area (Å²) in [4.78, 5) is 0.176. The fraction of sp³-hybridized carbons (Fsp3) is 0.268. The standard InChI is InChI=1S/C41H46N2O5S2/c1-7-28-23-26(5)24-29(8-2)39(28)42-33-19-15-31(16-20-33)38(36-13-11-12-14-37(36)50(46,47)48)32-17-21-34(22-18-32)43-40-30(9-3)25-27(6)41(49(44)45)35(40)10-4/h11-25,38,42-43H,7-10H2,1-6H3,(H,44,45)(H,46,47,48)/p-1. The minimum absolute atomic E-state index is 0.146. The van der Waals surface area contributed by atoms with E-state index in [1.807, 2.05) is 75.4 Å². The molecule has 2 unspecified atom stereocenters. The summed E-state index contributed by atoms with van der Waals surface area (Å²) in [6, 6.07) is 28.6. The Morgan fingerprint density at radius 1 is 0.700 bits per heavy atom. The fourth-order valence-corrected chi connectivity index (χ4v) is 8.42. The predicted molar refractivity (Wildman–Crippen MR) is 204 cm³/mol. The highest BCUT2D eigenvalue weighted by Gasteiger charge is 2.25. The van der Waals surface area contributed by atoms with Gasteiger partial charge >= 0.3 is 0 Å². The van der Waals surface area contributed by atoms with E-state index in [-0.39, 0.29) is 4.90 Å². The Labute approximate surface area is 299 Å². The molecule has 0 saturated heterocycles. The van der Waals surface area contributed by atoms with E-state index >= 15 is 0 Å². The molecule has 5 rings (SSSR count). The quantitative estimate of drug-likeness (QED) is 0.0633. The summed E-state index contributed by atoms with van der Waals surface area (Å²) >= 11 is -2.37. The number of benzene rings is 5. The average molecular weight is 710 g/mol. The molecule has 0 heterocycles. The lowest BCUT2D eigenvalue weighted by Gasteiger charge is -2.24. The van der Waals surface area contributed by atoms with Gasteiger partial charge in [-0.2, -0.15) is 8.42 Å². The van der Waals surface area contributed by atoms with Crippen molar-refractivity contribution in [3.63, 3.8) is 0 Å².